The maximum absolute atomic E-state index is 12.4. The number of rotatable bonds is 6. The van der Waals surface area contributed by atoms with Gasteiger partial charge in [-0.3, -0.25) is 4.79 Å². The van der Waals surface area contributed by atoms with Gasteiger partial charge in [0.2, 0.25) is 0 Å². The topological polar surface area (TPSA) is 35.5 Å². The van der Waals surface area contributed by atoms with Gasteiger partial charge in [0.25, 0.3) is 0 Å². The van der Waals surface area contributed by atoms with Crippen LogP contribution in [-0.4, -0.2) is 19.5 Å². The van der Waals surface area contributed by atoms with E-state index in [0.29, 0.717) is 17.7 Å². The predicted molar refractivity (Wildman–Crippen MR) is 83.4 cm³/mol. The minimum absolute atomic E-state index is 0.00259. The third kappa shape index (κ3) is 3.63. The first-order valence-electron chi connectivity index (χ1n) is 7.08. The van der Waals surface area contributed by atoms with Crippen molar-refractivity contribution in [2.45, 2.75) is 20.3 Å². The van der Waals surface area contributed by atoms with Gasteiger partial charge in [0, 0.05) is 11.1 Å². The Morgan fingerprint density at radius 2 is 1.71 bits per heavy atom. The number of ether oxygens (including phenoxy) is 2. The number of ketones is 1. The molecule has 2 rings (SSSR count). The molecule has 0 N–H and O–H groups in total. The molecule has 2 aromatic carbocycles. The highest BCUT2D eigenvalue weighted by Crippen LogP contribution is 2.22. The van der Waals surface area contributed by atoms with Crippen LogP contribution in [0.5, 0.6) is 11.5 Å². The summed E-state index contributed by atoms with van der Waals surface area (Å²) in [6.07, 6.45) is 0.964. The lowest BCUT2D eigenvalue weighted by molar-refractivity contribution is 0.103. The van der Waals surface area contributed by atoms with Crippen molar-refractivity contribution in [3.63, 3.8) is 0 Å². The minimum Gasteiger partial charge on any atom is -0.497 e. The van der Waals surface area contributed by atoms with Gasteiger partial charge >= 0.3 is 0 Å². The number of hydrogen-bond acceptors (Lipinski definition) is 3. The Morgan fingerprint density at radius 1 is 1.05 bits per heavy atom. The first kappa shape index (κ1) is 15.1. The molecular formula is C18H20O3. The molecule has 0 amide bonds. The Balaban J connectivity index is 2.20. The highest BCUT2D eigenvalue weighted by molar-refractivity contribution is 6.09. The maximum atomic E-state index is 12.4. The molecule has 0 heterocycles. The normalized spacial score (nSPS) is 10.2. The summed E-state index contributed by atoms with van der Waals surface area (Å²) >= 11 is 0. The second kappa shape index (κ2) is 6.93. The highest BCUT2D eigenvalue weighted by atomic mass is 16.5. The van der Waals surface area contributed by atoms with Crippen molar-refractivity contribution in [3.8, 4) is 11.5 Å². The fourth-order valence-corrected chi connectivity index (χ4v) is 2.07. The SMILES string of the molecule is CCCOc1ccc(C(=O)c2ccc(OC)cc2)cc1C. The van der Waals surface area contributed by atoms with Crippen LogP contribution in [0.15, 0.2) is 42.5 Å². The summed E-state index contributed by atoms with van der Waals surface area (Å²) in [6, 6.07) is 12.7. The summed E-state index contributed by atoms with van der Waals surface area (Å²) in [4.78, 5) is 12.4. The number of carbonyl (C=O) groups excluding carboxylic acids is 1. The molecular weight excluding hydrogens is 264 g/mol. The van der Waals surface area contributed by atoms with Gasteiger partial charge in [0.1, 0.15) is 11.5 Å². The van der Waals surface area contributed by atoms with E-state index in [4.69, 9.17) is 9.47 Å². The van der Waals surface area contributed by atoms with Gasteiger partial charge in [-0.15, -0.1) is 0 Å². The number of methoxy groups -OCH3 is 1. The van der Waals surface area contributed by atoms with Gasteiger partial charge < -0.3 is 9.47 Å². The summed E-state index contributed by atoms with van der Waals surface area (Å²) in [5, 5.41) is 0. The van der Waals surface area contributed by atoms with Crippen molar-refractivity contribution in [1.82, 2.24) is 0 Å². The molecule has 0 aliphatic heterocycles. The second-order valence-corrected chi connectivity index (χ2v) is 4.89. The van der Waals surface area contributed by atoms with E-state index in [-0.39, 0.29) is 5.78 Å². The lowest BCUT2D eigenvalue weighted by Gasteiger charge is -2.10. The van der Waals surface area contributed by atoms with E-state index in [1.807, 2.05) is 25.1 Å². The molecule has 0 radical (unpaired) electrons. The van der Waals surface area contributed by atoms with E-state index in [9.17, 15) is 4.79 Å². The van der Waals surface area contributed by atoms with E-state index in [0.717, 1.165) is 23.5 Å². The fourth-order valence-electron chi connectivity index (χ4n) is 2.07. The van der Waals surface area contributed by atoms with Crippen LogP contribution < -0.4 is 9.47 Å². The zero-order chi connectivity index (χ0) is 15.2. The summed E-state index contributed by atoms with van der Waals surface area (Å²) in [7, 11) is 1.61. The molecule has 3 nitrogen and oxygen atoms in total. The molecule has 21 heavy (non-hydrogen) atoms. The molecule has 0 spiro atoms. The molecule has 3 heteroatoms. The van der Waals surface area contributed by atoms with Gasteiger partial charge in [-0.2, -0.15) is 0 Å². The standard InChI is InChI=1S/C18H20O3/c1-4-11-21-17-10-7-15(12-13(17)2)18(19)14-5-8-16(20-3)9-6-14/h5-10,12H,4,11H2,1-3H3. The predicted octanol–water partition coefficient (Wildman–Crippen LogP) is 4.02. The smallest absolute Gasteiger partial charge is 0.193 e. The van der Waals surface area contributed by atoms with Crippen molar-refractivity contribution in [2.75, 3.05) is 13.7 Å². The van der Waals surface area contributed by atoms with Crippen LogP contribution in [-0.2, 0) is 0 Å². The number of hydrogen-bond donors (Lipinski definition) is 0. The summed E-state index contributed by atoms with van der Waals surface area (Å²) in [6.45, 7) is 4.71. The Labute approximate surface area is 125 Å². The van der Waals surface area contributed by atoms with Crippen LogP contribution in [0.3, 0.4) is 0 Å². The van der Waals surface area contributed by atoms with Crippen molar-refractivity contribution < 1.29 is 14.3 Å². The first-order valence-corrected chi connectivity index (χ1v) is 7.08. The van der Waals surface area contributed by atoms with Gasteiger partial charge in [-0.25, -0.2) is 0 Å². The zero-order valence-corrected chi connectivity index (χ0v) is 12.7. The summed E-state index contributed by atoms with van der Waals surface area (Å²) in [5.41, 5.74) is 2.29. The molecule has 0 aromatic heterocycles. The number of aryl methyl sites for hydroxylation is 1. The molecule has 0 atom stereocenters. The van der Waals surface area contributed by atoms with E-state index >= 15 is 0 Å². The molecule has 2 aromatic rings. The highest BCUT2D eigenvalue weighted by Gasteiger charge is 2.11. The molecule has 0 aliphatic carbocycles. The minimum atomic E-state index is 0.00259. The maximum Gasteiger partial charge on any atom is 0.193 e. The van der Waals surface area contributed by atoms with Crippen LogP contribution in [0.4, 0.5) is 0 Å². The van der Waals surface area contributed by atoms with E-state index in [1.54, 1.807) is 31.4 Å². The molecule has 110 valence electrons. The van der Waals surface area contributed by atoms with Crippen molar-refractivity contribution in [3.05, 3.63) is 59.2 Å². The molecule has 0 saturated carbocycles. The lowest BCUT2D eigenvalue weighted by atomic mass is 10.0. The zero-order valence-electron chi connectivity index (χ0n) is 12.7. The first-order chi connectivity index (χ1) is 10.2. The second-order valence-electron chi connectivity index (χ2n) is 4.89. The number of benzene rings is 2. The van der Waals surface area contributed by atoms with Crippen molar-refractivity contribution in [2.24, 2.45) is 0 Å². The largest absolute Gasteiger partial charge is 0.497 e. The quantitative estimate of drug-likeness (QED) is 0.751. The Bertz CT molecular complexity index is 615. The third-order valence-electron chi connectivity index (χ3n) is 3.25. The monoisotopic (exact) mass is 284 g/mol. The average molecular weight is 284 g/mol. The number of carbonyl (C=O) groups is 1. The van der Waals surface area contributed by atoms with Gasteiger partial charge in [0.05, 0.1) is 13.7 Å². The molecule has 0 bridgehead atoms. The van der Waals surface area contributed by atoms with Crippen molar-refractivity contribution >= 4 is 5.78 Å². The Kier molecular flexibility index (Phi) is 4.99. The van der Waals surface area contributed by atoms with Gasteiger partial charge in [-0.05, 0) is 61.4 Å². The molecule has 0 aliphatic rings. The molecule has 0 saturated heterocycles. The fraction of sp³-hybridized carbons (Fsp3) is 0.278. The van der Waals surface area contributed by atoms with Crippen LogP contribution in [0.1, 0.15) is 34.8 Å². The summed E-state index contributed by atoms with van der Waals surface area (Å²) in [5.74, 6) is 1.58. The van der Waals surface area contributed by atoms with E-state index < -0.39 is 0 Å². The van der Waals surface area contributed by atoms with Crippen LogP contribution >= 0.6 is 0 Å². The molecule has 0 fully saturated rings. The van der Waals surface area contributed by atoms with Gasteiger partial charge in [0.15, 0.2) is 5.78 Å². The Hall–Kier alpha value is -2.29. The van der Waals surface area contributed by atoms with Crippen LogP contribution in [0.25, 0.3) is 0 Å². The average Bonchev–Trinajstić information content (AvgIpc) is 2.53. The summed E-state index contributed by atoms with van der Waals surface area (Å²) < 4.78 is 10.7. The van der Waals surface area contributed by atoms with E-state index in [1.165, 1.54) is 0 Å². The van der Waals surface area contributed by atoms with Gasteiger partial charge in [-0.1, -0.05) is 6.92 Å². The van der Waals surface area contributed by atoms with Crippen molar-refractivity contribution in [1.29, 1.82) is 0 Å². The third-order valence-corrected chi connectivity index (χ3v) is 3.25. The van der Waals surface area contributed by atoms with Crippen LogP contribution in [0, 0.1) is 6.92 Å². The van der Waals surface area contributed by atoms with Crippen LogP contribution in [0.2, 0.25) is 0 Å². The lowest BCUT2D eigenvalue weighted by Crippen LogP contribution is -2.03. The molecule has 0 unspecified atom stereocenters. The van der Waals surface area contributed by atoms with E-state index in [2.05, 4.69) is 6.92 Å². The Morgan fingerprint density at radius 3 is 2.29 bits per heavy atom.